The first-order chi connectivity index (χ1) is 6.18. The number of aliphatic hydroxyl groups excluding tert-OH is 1. The summed E-state index contributed by atoms with van der Waals surface area (Å²) in [6, 6.07) is 1.57. The van der Waals surface area contributed by atoms with E-state index in [9.17, 15) is 5.11 Å². The second-order valence-electron chi connectivity index (χ2n) is 3.42. The maximum atomic E-state index is 9.77. The maximum absolute atomic E-state index is 9.77. The predicted molar refractivity (Wildman–Crippen MR) is 51.3 cm³/mol. The molecule has 13 heavy (non-hydrogen) atoms. The van der Waals surface area contributed by atoms with Crippen molar-refractivity contribution >= 4 is 17.3 Å². The average molecular weight is 199 g/mol. The second-order valence-corrected chi connectivity index (χ2v) is 3.81. The summed E-state index contributed by atoms with van der Waals surface area (Å²) in [6.07, 6.45) is 3.23. The van der Waals surface area contributed by atoms with Crippen molar-refractivity contribution in [1.29, 1.82) is 0 Å². The number of halogens is 1. The van der Waals surface area contributed by atoms with Crippen molar-refractivity contribution in [3.63, 3.8) is 0 Å². The van der Waals surface area contributed by atoms with Gasteiger partial charge in [-0.25, -0.2) is 4.98 Å². The molecule has 1 unspecified atom stereocenters. The van der Waals surface area contributed by atoms with Gasteiger partial charge in [0.2, 0.25) is 0 Å². The quantitative estimate of drug-likeness (QED) is 0.712. The van der Waals surface area contributed by atoms with Crippen molar-refractivity contribution in [2.45, 2.75) is 18.9 Å². The van der Waals surface area contributed by atoms with Crippen molar-refractivity contribution in [2.24, 2.45) is 5.92 Å². The first-order valence-corrected chi connectivity index (χ1v) is 4.65. The molecule has 4 heteroatoms. The molecule has 0 aliphatic heterocycles. The monoisotopic (exact) mass is 198 g/mol. The lowest BCUT2D eigenvalue weighted by atomic mass is 10.1. The van der Waals surface area contributed by atoms with E-state index >= 15 is 0 Å². The summed E-state index contributed by atoms with van der Waals surface area (Å²) < 4.78 is 0. The van der Waals surface area contributed by atoms with E-state index < -0.39 is 6.10 Å². The predicted octanol–water partition coefficient (Wildman–Crippen LogP) is 1.76. The van der Waals surface area contributed by atoms with Gasteiger partial charge in [-0.05, 0) is 24.8 Å². The van der Waals surface area contributed by atoms with Gasteiger partial charge in [-0.3, -0.25) is 0 Å². The number of hydrogen-bond donors (Lipinski definition) is 2. The van der Waals surface area contributed by atoms with E-state index in [1.807, 2.05) is 0 Å². The van der Waals surface area contributed by atoms with Gasteiger partial charge in [0.1, 0.15) is 5.15 Å². The van der Waals surface area contributed by atoms with Crippen molar-refractivity contribution in [3.05, 3.63) is 23.0 Å². The minimum absolute atomic E-state index is 0.365. The Kier molecular flexibility index (Phi) is 2.14. The number of rotatable bonds is 2. The third-order valence-electron chi connectivity index (χ3n) is 2.32. The van der Waals surface area contributed by atoms with Crippen molar-refractivity contribution in [1.82, 2.24) is 4.98 Å². The molecule has 1 aliphatic carbocycles. The van der Waals surface area contributed by atoms with Gasteiger partial charge in [0, 0.05) is 17.4 Å². The standard InChI is InChI=1S/C9H11ClN2O/c10-8-3-7(11)6(4-12-8)9(13)5-1-2-5/h3-5,9,13H,1-2H2,(H2,11,12). The minimum atomic E-state index is -0.468. The van der Waals surface area contributed by atoms with E-state index in [-0.39, 0.29) is 0 Å². The molecule has 0 saturated heterocycles. The molecule has 1 saturated carbocycles. The third kappa shape index (κ3) is 1.76. The van der Waals surface area contributed by atoms with Crippen LogP contribution in [0.25, 0.3) is 0 Å². The summed E-state index contributed by atoms with van der Waals surface area (Å²) in [5.41, 5.74) is 6.93. The van der Waals surface area contributed by atoms with Crippen molar-refractivity contribution in [3.8, 4) is 0 Å². The van der Waals surface area contributed by atoms with Gasteiger partial charge in [0.15, 0.2) is 0 Å². The number of aliphatic hydroxyl groups is 1. The number of hydrogen-bond acceptors (Lipinski definition) is 3. The molecule has 70 valence electrons. The molecule has 1 atom stereocenters. The zero-order valence-electron chi connectivity index (χ0n) is 7.07. The number of pyridine rings is 1. The Hall–Kier alpha value is -0.800. The molecule has 0 bridgehead atoms. The molecule has 0 radical (unpaired) electrons. The topological polar surface area (TPSA) is 59.1 Å². The highest BCUT2D eigenvalue weighted by atomic mass is 35.5. The van der Waals surface area contributed by atoms with E-state index in [2.05, 4.69) is 4.98 Å². The molecule has 1 aromatic heterocycles. The van der Waals surface area contributed by atoms with Gasteiger partial charge in [-0.1, -0.05) is 11.6 Å². The van der Waals surface area contributed by atoms with E-state index in [0.717, 1.165) is 12.8 Å². The Balaban J connectivity index is 2.28. The lowest BCUT2D eigenvalue weighted by Gasteiger charge is -2.11. The summed E-state index contributed by atoms with van der Waals surface area (Å²) in [5, 5.41) is 10.1. The van der Waals surface area contributed by atoms with Crippen LogP contribution in [0, 0.1) is 5.92 Å². The number of aromatic nitrogens is 1. The molecule has 1 aromatic rings. The lowest BCUT2D eigenvalue weighted by Crippen LogP contribution is -2.04. The molecule has 2 rings (SSSR count). The normalized spacial score (nSPS) is 18.6. The van der Waals surface area contributed by atoms with Crippen LogP contribution in [0.3, 0.4) is 0 Å². The zero-order chi connectivity index (χ0) is 9.42. The average Bonchev–Trinajstić information content (AvgIpc) is 2.85. The first-order valence-electron chi connectivity index (χ1n) is 4.27. The van der Waals surface area contributed by atoms with Crippen LogP contribution in [0.2, 0.25) is 5.15 Å². The van der Waals surface area contributed by atoms with E-state index in [0.29, 0.717) is 22.3 Å². The van der Waals surface area contributed by atoms with E-state index in [4.69, 9.17) is 17.3 Å². The number of nitrogen functional groups attached to an aromatic ring is 1. The fourth-order valence-corrected chi connectivity index (χ4v) is 1.53. The first kappa shape index (κ1) is 8.78. The summed E-state index contributed by atoms with van der Waals surface area (Å²) in [6.45, 7) is 0. The van der Waals surface area contributed by atoms with Crippen LogP contribution in [0.4, 0.5) is 5.69 Å². The molecule has 0 amide bonds. The Labute approximate surface area is 81.5 Å². The van der Waals surface area contributed by atoms with Crippen LogP contribution in [0.15, 0.2) is 12.3 Å². The van der Waals surface area contributed by atoms with Gasteiger partial charge < -0.3 is 10.8 Å². The van der Waals surface area contributed by atoms with Crippen LogP contribution in [-0.4, -0.2) is 10.1 Å². The maximum Gasteiger partial charge on any atom is 0.131 e. The SMILES string of the molecule is Nc1cc(Cl)ncc1C(O)C1CC1. The van der Waals surface area contributed by atoms with Gasteiger partial charge in [-0.2, -0.15) is 0 Å². The number of anilines is 1. The van der Waals surface area contributed by atoms with Crippen molar-refractivity contribution in [2.75, 3.05) is 5.73 Å². The highest BCUT2D eigenvalue weighted by Crippen LogP contribution is 2.42. The molecule has 1 heterocycles. The smallest absolute Gasteiger partial charge is 0.131 e. The minimum Gasteiger partial charge on any atom is -0.398 e. The van der Waals surface area contributed by atoms with E-state index in [1.54, 1.807) is 12.3 Å². The Morgan fingerprint density at radius 1 is 1.62 bits per heavy atom. The number of nitrogens with zero attached hydrogens (tertiary/aromatic N) is 1. The molecule has 0 spiro atoms. The van der Waals surface area contributed by atoms with Crippen LogP contribution in [-0.2, 0) is 0 Å². The highest BCUT2D eigenvalue weighted by Gasteiger charge is 2.31. The summed E-state index contributed by atoms with van der Waals surface area (Å²) in [5.74, 6) is 0.366. The van der Waals surface area contributed by atoms with Gasteiger partial charge in [-0.15, -0.1) is 0 Å². The Morgan fingerprint density at radius 3 is 2.85 bits per heavy atom. The van der Waals surface area contributed by atoms with E-state index in [1.165, 1.54) is 0 Å². The molecule has 3 nitrogen and oxygen atoms in total. The summed E-state index contributed by atoms with van der Waals surface area (Å²) in [7, 11) is 0. The molecular weight excluding hydrogens is 188 g/mol. The molecule has 1 fully saturated rings. The summed E-state index contributed by atoms with van der Waals surface area (Å²) >= 11 is 5.64. The highest BCUT2D eigenvalue weighted by molar-refractivity contribution is 6.29. The van der Waals surface area contributed by atoms with Gasteiger partial charge in [0.05, 0.1) is 6.10 Å². The van der Waals surface area contributed by atoms with Gasteiger partial charge in [0.25, 0.3) is 0 Å². The fraction of sp³-hybridized carbons (Fsp3) is 0.444. The van der Waals surface area contributed by atoms with Crippen LogP contribution >= 0.6 is 11.6 Å². The fourth-order valence-electron chi connectivity index (χ4n) is 1.37. The molecule has 3 N–H and O–H groups in total. The lowest BCUT2D eigenvalue weighted by molar-refractivity contribution is 0.154. The Bertz CT molecular complexity index is 325. The number of nitrogens with two attached hydrogens (primary N) is 1. The zero-order valence-corrected chi connectivity index (χ0v) is 7.83. The Morgan fingerprint density at radius 2 is 2.31 bits per heavy atom. The van der Waals surface area contributed by atoms with Crippen LogP contribution in [0.1, 0.15) is 24.5 Å². The van der Waals surface area contributed by atoms with Crippen molar-refractivity contribution < 1.29 is 5.11 Å². The molecule has 0 aromatic carbocycles. The second kappa shape index (κ2) is 3.16. The third-order valence-corrected chi connectivity index (χ3v) is 2.53. The molecule has 1 aliphatic rings. The molecular formula is C9H11ClN2O. The van der Waals surface area contributed by atoms with Crippen LogP contribution < -0.4 is 5.73 Å². The van der Waals surface area contributed by atoms with Gasteiger partial charge >= 0.3 is 0 Å². The summed E-state index contributed by atoms with van der Waals surface area (Å²) in [4.78, 5) is 3.90. The van der Waals surface area contributed by atoms with Crippen LogP contribution in [0.5, 0.6) is 0 Å². The largest absolute Gasteiger partial charge is 0.398 e.